The average Bonchev–Trinajstić information content (AvgIpc) is 3.08. The van der Waals surface area contributed by atoms with E-state index >= 15 is 0 Å². The first-order valence-electron chi connectivity index (χ1n) is 13.2. The third-order valence-electron chi connectivity index (χ3n) is 5.96. The van der Waals surface area contributed by atoms with E-state index in [-0.39, 0.29) is 50.2 Å². The van der Waals surface area contributed by atoms with Gasteiger partial charge in [0, 0.05) is 17.3 Å². The molecule has 10 nitrogen and oxygen atoms in total. The molecule has 2 amide bonds. The number of hydrogen-bond acceptors (Lipinski definition) is 9. The van der Waals surface area contributed by atoms with Crippen molar-refractivity contribution in [2.24, 2.45) is 0 Å². The summed E-state index contributed by atoms with van der Waals surface area (Å²) in [5.74, 6) is 1.46. The predicted octanol–water partition coefficient (Wildman–Crippen LogP) is 4.24. The second-order valence-electron chi connectivity index (χ2n) is 8.83. The molecular weight excluding hydrogens is 570 g/mol. The largest absolute Gasteiger partial charge is 0.465 e. The molecule has 222 valence electrons. The Bertz CT molecular complexity index is 1190. The van der Waals surface area contributed by atoms with E-state index in [0.717, 1.165) is 10.5 Å². The number of hydrogen-bond donors (Lipinski definition) is 2. The van der Waals surface area contributed by atoms with Crippen molar-refractivity contribution in [1.29, 1.82) is 0 Å². The Labute approximate surface area is 250 Å². The number of alkyl carbamates (subject to hydrolysis) is 1. The number of benzene rings is 2. The maximum atomic E-state index is 13.6. The van der Waals surface area contributed by atoms with Gasteiger partial charge >= 0.3 is 12.1 Å². The molecule has 0 saturated heterocycles. The molecule has 2 aromatic rings. The molecule has 1 heterocycles. The fraction of sp³-hybridized carbons (Fsp3) is 0.414. The summed E-state index contributed by atoms with van der Waals surface area (Å²) in [7, 11) is 0. The molecule has 1 unspecified atom stereocenters. The van der Waals surface area contributed by atoms with Crippen molar-refractivity contribution >= 4 is 53.8 Å². The third kappa shape index (κ3) is 10.9. The lowest BCUT2D eigenvalue weighted by Gasteiger charge is -2.28. The fourth-order valence-electron chi connectivity index (χ4n) is 4.10. The van der Waals surface area contributed by atoms with Crippen LogP contribution in [0.1, 0.15) is 38.7 Å². The minimum atomic E-state index is -0.732. The van der Waals surface area contributed by atoms with E-state index in [0.29, 0.717) is 30.9 Å². The van der Waals surface area contributed by atoms with Crippen molar-refractivity contribution in [2.45, 2.75) is 56.9 Å². The number of esters is 1. The predicted molar refractivity (Wildman–Crippen MR) is 159 cm³/mol. The second-order valence-corrected chi connectivity index (χ2v) is 9.89. The lowest BCUT2D eigenvalue weighted by atomic mass is 10.1. The standard InChI is InChI=1S/C29H35N3O7S.ClH/c1-3-37-26(16-10-13-22(18-33)30-29(36)39-19-21-11-6-5-7-12-21)31-23-20-40-25-15-9-8-14-24(25)32(28(23)35)17-27(34)38-4-2;/h5-9,11-12,14-15,23,26,31H,3-4,10,13,16-17,19-20H2,1-2H3,(H,30,36);1H/t23-,26?;/m0./s1. The highest BCUT2D eigenvalue weighted by Crippen LogP contribution is 2.34. The van der Waals surface area contributed by atoms with Gasteiger partial charge in [-0.05, 0) is 50.8 Å². The van der Waals surface area contributed by atoms with Gasteiger partial charge in [-0.25, -0.2) is 9.59 Å². The number of halogens is 1. The molecule has 0 aliphatic carbocycles. The molecule has 3 rings (SSSR count). The van der Waals surface area contributed by atoms with Gasteiger partial charge in [0.15, 0.2) is 0 Å². The van der Waals surface area contributed by atoms with Gasteiger partial charge in [0.1, 0.15) is 31.0 Å². The van der Waals surface area contributed by atoms with Gasteiger partial charge in [-0.15, -0.1) is 24.2 Å². The highest BCUT2D eigenvalue weighted by Gasteiger charge is 2.33. The summed E-state index contributed by atoms with van der Waals surface area (Å²) in [6.45, 7) is 4.09. The Morgan fingerprint density at radius 1 is 1.07 bits per heavy atom. The molecule has 2 aromatic carbocycles. The number of anilines is 1. The van der Waals surface area contributed by atoms with Crippen LogP contribution in [0.4, 0.5) is 10.5 Å². The summed E-state index contributed by atoms with van der Waals surface area (Å²) in [4.78, 5) is 51.7. The van der Waals surface area contributed by atoms with E-state index in [2.05, 4.69) is 10.6 Å². The summed E-state index contributed by atoms with van der Waals surface area (Å²) in [5.41, 5.74) is 1.56. The summed E-state index contributed by atoms with van der Waals surface area (Å²) in [6, 6.07) is 16.0. The molecular formula is C29H36ClN3O7S. The lowest BCUT2D eigenvalue weighted by molar-refractivity contribution is -0.142. The second kappa shape index (κ2) is 18.2. The number of carbonyl (C=O) groups excluding carboxylic acids is 4. The van der Waals surface area contributed by atoms with Crippen molar-refractivity contribution in [3.63, 3.8) is 0 Å². The smallest absolute Gasteiger partial charge is 0.412 e. The van der Waals surface area contributed by atoms with Gasteiger partial charge in [0.2, 0.25) is 5.91 Å². The highest BCUT2D eigenvalue weighted by molar-refractivity contribution is 7.99. The van der Waals surface area contributed by atoms with Gasteiger partial charge in [-0.2, -0.15) is 0 Å². The number of para-hydroxylation sites is 1. The Morgan fingerprint density at radius 3 is 2.51 bits per heavy atom. The van der Waals surface area contributed by atoms with Crippen LogP contribution in [-0.2, 0) is 35.2 Å². The van der Waals surface area contributed by atoms with Crippen molar-refractivity contribution in [3.8, 4) is 0 Å². The first kappa shape index (κ1) is 33.9. The van der Waals surface area contributed by atoms with Crippen molar-refractivity contribution < 1.29 is 33.4 Å². The zero-order chi connectivity index (χ0) is 28.7. The fourth-order valence-corrected chi connectivity index (χ4v) is 5.18. The number of ether oxygens (including phenoxy) is 3. The number of amides is 2. The van der Waals surface area contributed by atoms with E-state index in [1.807, 2.05) is 61.5 Å². The Kier molecular flexibility index (Phi) is 15.0. The number of fused-ring (bicyclic) bond motifs is 1. The van der Waals surface area contributed by atoms with Crippen molar-refractivity contribution in [3.05, 3.63) is 65.9 Å². The first-order valence-corrected chi connectivity index (χ1v) is 14.2. The molecule has 0 saturated carbocycles. The topological polar surface area (TPSA) is 123 Å². The van der Waals surface area contributed by atoms with Gasteiger partial charge in [-0.3, -0.25) is 25.1 Å². The molecule has 0 bridgehead atoms. The van der Waals surface area contributed by atoms with Crippen LogP contribution in [0.25, 0.3) is 0 Å². The van der Waals surface area contributed by atoms with Gasteiger partial charge in [-0.1, -0.05) is 42.5 Å². The molecule has 41 heavy (non-hydrogen) atoms. The van der Waals surface area contributed by atoms with Crippen molar-refractivity contribution in [1.82, 2.24) is 10.6 Å². The lowest BCUT2D eigenvalue weighted by Crippen LogP contribution is -2.52. The van der Waals surface area contributed by atoms with E-state index in [9.17, 15) is 19.2 Å². The van der Waals surface area contributed by atoms with Crippen LogP contribution in [0.5, 0.6) is 0 Å². The summed E-state index contributed by atoms with van der Waals surface area (Å²) >= 11 is 1.52. The molecule has 2 atom stereocenters. The highest BCUT2D eigenvalue weighted by atomic mass is 35.5. The zero-order valence-electron chi connectivity index (χ0n) is 23.1. The van der Waals surface area contributed by atoms with E-state index in [1.165, 1.54) is 16.7 Å². The number of thioether (sulfide) groups is 1. The molecule has 1 aliphatic heterocycles. The van der Waals surface area contributed by atoms with Crippen LogP contribution in [-0.4, -0.2) is 61.7 Å². The van der Waals surface area contributed by atoms with Crippen molar-refractivity contribution in [2.75, 3.05) is 30.4 Å². The number of nitrogens with one attached hydrogen (secondary N) is 2. The molecule has 0 aromatic heterocycles. The quantitative estimate of drug-likeness (QED) is 0.185. The first-order chi connectivity index (χ1) is 19.4. The molecule has 0 fully saturated rings. The molecule has 1 aliphatic rings. The van der Waals surface area contributed by atoms with Gasteiger partial charge in [0.25, 0.3) is 0 Å². The zero-order valence-corrected chi connectivity index (χ0v) is 24.8. The van der Waals surface area contributed by atoms with Gasteiger partial charge < -0.3 is 14.2 Å². The minimum absolute atomic E-state index is 0. The average molecular weight is 606 g/mol. The molecule has 2 N–H and O–H groups in total. The Morgan fingerprint density at radius 2 is 1.80 bits per heavy atom. The molecule has 0 radical (unpaired) electrons. The summed E-state index contributed by atoms with van der Waals surface area (Å²) < 4.78 is 16.1. The van der Waals surface area contributed by atoms with Crippen LogP contribution in [0, 0.1) is 0 Å². The van der Waals surface area contributed by atoms with Crippen LogP contribution >= 0.6 is 24.2 Å². The Balaban J connectivity index is 0.00000588. The van der Waals surface area contributed by atoms with Crippen LogP contribution < -0.4 is 15.5 Å². The number of rotatable bonds is 14. The SMILES string of the molecule is CCOC(=O)CN1C(=O)[C@@H](NC(CCCC(=C=O)NC(=O)OCc2ccccc2)OCC)CSc2ccccc21.Cl. The third-order valence-corrected chi connectivity index (χ3v) is 7.11. The monoisotopic (exact) mass is 605 g/mol. The van der Waals surface area contributed by atoms with Crippen LogP contribution in [0.2, 0.25) is 0 Å². The number of nitrogens with zero attached hydrogens (tertiary/aromatic N) is 1. The summed E-state index contributed by atoms with van der Waals surface area (Å²) in [6.07, 6.45) is -0.0588. The Hall–Kier alpha value is -3.34. The van der Waals surface area contributed by atoms with E-state index in [4.69, 9.17) is 14.2 Å². The molecule has 12 heteroatoms. The summed E-state index contributed by atoms with van der Waals surface area (Å²) in [5, 5.41) is 5.73. The number of allylic oxidation sites excluding steroid dienone is 1. The molecule has 0 spiro atoms. The van der Waals surface area contributed by atoms with E-state index < -0.39 is 24.3 Å². The maximum Gasteiger partial charge on any atom is 0.412 e. The normalized spacial score (nSPS) is 14.9. The minimum Gasteiger partial charge on any atom is -0.465 e. The van der Waals surface area contributed by atoms with E-state index in [1.54, 1.807) is 12.9 Å². The van der Waals surface area contributed by atoms with Crippen LogP contribution in [0.3, 0.4) is 0 Å². The van der Waals surface area contributed by atoms with Gasteiger partial charge in [0.05, 0.1) is 18.3 Å². The van der Waals surface area contributed by atoms with Crippen LogP contribution in [0.15, 0.2) is 65.2 Å². The number of carbonyl (C=O) groups is 3. The maximum absolute atomic E-state index is 13.6.